The zero-order valence-corrected chi connectivity index (χ0v) is 31.2. The third-order valence-electron chi connectivity index (χ3n) is 8.87. The second kappa shape index (κ2) is 22.4. The highest BCUT2D eigenvalue weighted by molar-refractivity contribution is 9.10. The largest absolute Gasteiger partial charge is 0.481 e. The Morgan fingerprint density at radius 2 is 0.977 bits per heavy atom. The fraction of sp³-hybridized carbons (Fsp3) is 0.917. The van der Waals surface area contributed by atoms with Crippen LogP contribution in [0.3, 0.4) is 0 Å². The lowest BCUT2D eigenvalue weighted by molar-refractivity contribution is -0.154. The molecule has 3 aliphatic rings. The number of carboxylic acids is 1. The second-order valence-corrected chi connectivity index (χ2v) is 16.8. The Bertz CT molecular complexity index is 789. The van der Waals surface area contributed by atoms with Gasteiger partial charge in [-0.05, 0) is 92.9 Å². The lowest BCUT2D eigenvalue weighted by Gasteiger charge is -2.29. The highest BCUT2D eigenvalue weighted by Crippen LogP contribution is 2.36. The van der Waals surface area contributed by atoms with Crippen LogP contribution in [0, 0.1) is 22.7 Å². The Labute approximate surface area is 278 Å². The molecule has 0 aromatic heterocycles. The number of carbonyl (C=O) groups excluding carboxylic acids is 2. The molecule has 260 valence electrons. The summed E-state index contributed by atoms with van der Waals surface area (Å²) in [6.07, 6.45) is 21.5. The molecule has 0 spiro atoms. The van der Waals surface area contributed by atoms with Crippen molar-refractivity contribution in [2.75, 3.05) is 13.2 Å². The molecule has 0 unspecified atom stereocenters. The molecule has 0 aromatic carbocycles. The SMILES string of the molecule is CC(C)(CC1CCCCC1)C(=O)O.CCOC(=O)C(C)(C)Br.CCOC(=O)C(C)(C)CC1CCCCC1.NC1CCCCC1. The molecule has 3 N–H and O–H groups in total. The van der Waals surface area contributed by atoms with Crippen LogP contribution in [0.25, 0.3) is 0 Å². The van der Waals surface area contributed by atoms with Gasteiger partial charge >= 0.3 is 17.9 Å². The van der Waals surface area contributed by atoms with E-state index in [-0.39, 0.29) is 17.4 Å². The van der Waals surface area contributed by atoms with Crippen LogP contribution in [0.2, 0.25) is 0 Å². The van der Waals surface area contributed by atoms with E-state index in [0.29, 0.717) is 25.2 Å². The monoisotopic (exact) mass is 689 g/mol. The van der Waals surface area contributed by atoms with Crippen LogP contribution in [0.5, 0.6) is 0 Å². The van der Waals surface area contributed by atoms with Crippen molar-refractivity contribution in [3.8, 4) is 0 Å². The first-order chi connectivity index (χ1) is 20.5. The van der Waals surface area contributed by atoms with E-state index in [0.717, 1.165) is 18.8 Å². The van der Waals surface area contributed by atoms with Gasteiger partial charge in [0.05, 0.1) is 24.0 Å². The summed E-state index contributed by atoms with van der Waals surface area (Å²) in [7, 11) is 0. The lowest BCUT2D eigenvalue weighted by atomic mass is 9.76. The van der Waals surface area contributed by atoms with Gasteiger partial charge in [-0.1, -0.05) is 99.4 Å². The molecule has 3 fully saturated rings. The maximum atomic E-state index is 11.7. The molecule has 0 bridgehead atoms. The van der Waals surface area contributed by atoms with Crippen LogP contribution >= 0.6 is 15.9 Å². The highest BCUT2D eigenvalue weighted by Gasteiger charge is 2.33. The average molecular weight is 691 g/mol. The molecular formula is C36H68BrNO6. The number of aliphatic carboxylic acids is 1. The summed E-state index contributed by atoms with van der Waals surface area (Å²) in [6.45, 7) is 15.8. The minimum absolute atomic E-state index is 0.0319. The molecular weight excluding hydrogens is 622 g/mol. The number of esters is 2. The molecule has 0 amide bonds. The number of nitrogens with two attached hydrogens (primary N) is 1. The minimum atomic E-state index is -0.655. The van der Waals surface area contributed by atoms with Crippen molar-refractivity contribution >= 4 is 33.8 Å². The van der Waals surface area contributed by atoms with Gasteiger partial charge in [0.2, 0.25) is 0 Å². The molecule has 0 radical (unpaired) electrons. The molecule has 3 saturated carbocycles. The van der Waals surface area contributed by atoms with Crippen LogP contribution < -0.4 is 5.73 Å². The number of hydrogen-bond donors (Lipinski definition) is 2. The number of hydrogen-bond acceptors (Lipinski definition) is 6. The van der Waals surface area contributed by atoms with Gasteiger partial charge in [-0.3, -0.25) is 14.4 Å². The minimum Gasteiger partial charge on any atom is -0.481 e. The zero-order chi connectivity index (χ0) is 33.8. The summed E-state index contributed by atoms with van der Waals surface area (Å²) in [5.74, 6) is 0.483. The van der Waals surface area contributed by atoms with Gasteiger partial charge in [-0.25, -0.2) is 0 Å². The van der Waals surface area contributed by atoms with Crippen LogP contribution in [0.1, 0.15) is 165 Å². The fourth-order valence-electron chi connectivity index (χ4n) is 6.16. The van der Waals surface area contributed by atoms with Gasteiger partial charge in [-0.15, -0.1) is 0 Å². The number of alkyl halides is 1. The third kappa shape index (κ3) is 20.1. The third-order valence-corrected chi connectivity index (χ3v) is 9.19. The smallest absolute Gasteiger partial charge is 0.322 e. The van der Waals surface area contributed by atoms with Crippen LogP contribution in [0.15, 0.2) is 0 Å². The maximum Gasteiger partial charge on any atom is 0.322 e. The van der Waals surface area contributed by atoms with Crippen LogP contribution in [-0.2, 0) is 23.9 Å². The van der Waals surface area contributed by atoms with E-state index in [1.165, 1.54) is 96.3 Å². The van der Waals surface area contributed by atoms with Gasteiger partial charge in [-0.2, -0.15) is 0 Å². The number of carbonyl (C=O) groups is 3. The molecule has 0 saturated heterocycles. The van der Waals surface area contributed by atoms with Crippen molar-refractivity contribution in [1.29, 1.82) is 0 Å². The first-order valence-electron chi connectivity index (χ1n) is 17.5. The molecule has 3 rings (SSSR count). The second-order valence-electron chi connectivity index (χ2n) is 14.8. The van der Waals surface area contributed by atoms with Crippen molar-refractivity contribution in [3.63, 3.8) is 0 Å². The van der Waals surface area contributed by atoms with Gasteiger partial charge in [0.1, 0.15) is 4.32 Å². The van der Waals surface area contributed by atoms with Gasteiger partial charge < -0.3 is 20.3 Å². The molecule has 44 heavy (non-hydrogen) atoms. The summed E-state index contributed by atoms with van der Waals surface area (Å²) in [4.78, 5) is 33.4. The normalized spacial score (nSPS) is 18.7. The average Bonchev–Trinajstić information content (AvgIpc) is 2.95. The molecule has 8 heteroatoms. The predicted octanol–water partition coefficient (Wildman–Crippen LogP) is 9.61. The van der Waals surface area contributed by atoms with Crippen molar-refractivity contribution < 1.29 is 29.0 Å². The maximum absolute atomic E-state index is 11.7. The Morgan fingerprint density at radius 3 is 1.25 bits per heavy atom. The highest BCUT2D eigenvalue weighted by atomic mass is 79.9. The molecule has 0 atom stereocenters. The Balaban J connectivity index is 0.000000582. The topological polar surface area (TPSA) is 116 Å². The fourth-order valence-corrected chi connectivity index (χ4v) is 6.27. The lowest BCUT2D eigenvalue weighted by Crippen LogP contribution is -2.29. The van der Waals surface area contributed by atoms with Crippen LogP contribution in [0.4, 0.5) is 0 Å². The number of rotatable bonds is 9. The van der Waals surface area contributed by atoms with Gasteiger partial charge in [0.15, 0.2) is 0 Å². The Morgan fingerprint density at radius 1 is 0.636 bits per heavy atom. The van der Waals surface area contributed by atoms with E-state index in [2.05, 4.69) is 15.9 Å². The van der Waals surface area contributed by atoms with E-state index < -0.39 is 15.7 Å². The number of carboxylic acid groups (broad SMARTS) is 1. The summed E-state index contributed by atoms with van der Waals surface area (Å²) in [6, 6.07) is 0.536. The van der Waals surface area contributed by atoms with E-state index in [1.807, 2.05) is 34.6 Å². The summed E-state index contributed by atoms with van der Waals surface area (Å²) >= 11 is 3.17. The molecule has 7 nitrogen and oxygen atoms in total. The van der Waals surface area contributed by atoms with E-state index in [1.54, 1.807) is 20.8 Å². The van der Waals surface area contributed by atoms with E-state index in [9.17, 15) is 14.4 Å². The van der Waals surface area contributed by atoms with Crippen LogP contribution in [-0.4, -0.2) is 46.6 Å². The van der Waals surface area contributed by atoms with Gasteiger partial charge in [0.25, 0.3) is 0 Å². The van der Waals surface area contributed by atoms with E-state index >= 15 is 0 Å². The molecule has 0 aromatic rings. The van der Waals surface area contributed by atoms with Crippen molar-refractivity contribution in [2.45, 2.75) is 175 Å². The molecule has 0 aliphatic heterocycles. The summed E-state index contributed by atoms with van der Waals surface area (Å²) < 4.78 is 9.29. The zero-order valence-electron chi connectivity index (χ0n) is 29.6. The Kier molecular flexibility index (Phi) is 21.8. The van der Waals surface area contributed by atoms with E-state index in [4.69, 9.17) is 20.3 Å². The number of halogens is 1. The first kappa shape index (κ1) is 42.9. The van der Waals surface area contributed by atoms with Crippen molar-refractivity contribution in [1.82, 2.24) is 0 Å². The Hall–Kier alpha value is -1.15. The van der Waals surface area contributed by atoms with Crippen molar-refractivity contribution in [2.24, 2.45) is 28.4 Å². The standard InChI is InChI=1S/C13H24O2.C11H20O2.C6H11BrO2.C6H13N/c1-4-15-12(14)13(2,3)10-11-8-6-5-7-9-11;1-11(2,10(12)13)8-9-6-4-3-5-7-9;1-4-9-5(8)6(2,3)7;7-6-4-2-1-3-5-6/h11H,4-10H2,1-3H3;9H,3-8H2,1-2H3,(H,12,13);4H2,1-3H3;6H,1-5,7H2. The summed E-state index contributed by atoms with van der Waals surface area (Å²) in [5, 5.41) is 8.97. The molecule has 3 aliphatic carbocycles. The van der Waals surface area contributed by atoms with Crippen molar-refractivity contribution in [3.05, 3.63) is 0 Å². The molecule has 0 heterocycles. The predicted molar refractivity (Wildman–Crippen MR) is 185 cm³/mol. The first-order valence-corrected chi connectivity index (χ1v) is 18.3. The van der Waals surface area contributed by atoms with Gasteiger partial charge in [0, 0.05) is 6.04 Å². The summed E-state index contributed by atoms with van der Waals surface area (Å²) in [5.41, 5.74) is 4.82. The number of ether oxygens (including phenoxy) is 2. The quantitative estimate of drug-likeness (QED) is 0.183.